The number of ether oxygens (including phenoxy) is 1. The number of aromatic amines is 1. The van der Waals surface area contributed by atoms with Crippen LogP contribution in [0, 0.1) is 35.2 Å². The fraction of sp³-hybridized carbons (Fsp3) is 0.576. The van der Waals surface area contributed by atoms with Crippen molar-refractivity contribution in [2.24, 2.45) is 28.6 Å². The number of rotatable bonds is 5. The Hall–Kier alpha value is -3.40. The molecule has 4 rings (SSSR count). The molecular weight excluding hydrogens is 500 g/mol. The van der Waals surface area contributed by atoms with Crippen LogP contribution in [0.2, 0.25) is 0 Å². The van der Waals surface area contributed by atoms with E-state index in [1.54, 1.807) is 0 Å². The zero-order valence-electron chi connectivity index (χ0n) is 25.7. The van der Waals surface area contributed by atoms with E-state index in [9.17, 15) is 9.59 Å². The van der Waals surface area contributed by atoms with Gasteiger partial charge in [0.25, 0.3) is 0 Å². The highest BCUT2D eigenvalue weighted by Gasteiger charge is 2.48. The lowest BCUT2D eigenvalue weighted by atomic mass is 9.59. The highest BCUT2D eigenvalue weighted by molar-refractivity contribution is 6.11. The molecule has 0 saturated heterocycles. The molecule has 2 aromatic heterocycles. The second-order valence-electron chi connectivity index (χ2n) is 14.1. The predicted octanol–water partition coefficient (Wildman–Crippen LogP) is 8.49. The van der Waals surface area contributed by atoms with Gasteiger partial charge in [0.15, 0.2) is 17.3 Å². The molecule has 0 radical (unpaired) electrons. The average molecular weight is 545 g/mol. The molecule has 3 aromatic rings. The van der Waals surface area contributed by atoms with Crippen LogP contribution in [-0.2, 0) is 4.74 Å². The second kappa shape index (κ2) is 10.5. The van der Waals surface area contributed by atoms with Crippen molar-refractivity contribution < 1.29 is 14.3 Å². The summed E-state index contributed by atoms with van der Waals surface area (Å²) in [6, 6.07) is 8.04. The number of nitrogens with zero attached hydrogens (tertiary/aromatic N) is 3. The number of aromatic nitrogens is 3. The molecule has 1 aliphatic rings. The third-order valence-corrected chi connectivity index (χ3v) is 8.63. The fourth-order valence-electron chi connectivity index (χ4n) is 6.33. The second-order valence-corrected chi connectivity index (χ2v) is 14.1. The van der Waals surface area contributed by atoms with Crippen LogP contribution in [0.5, 0.6) is 0 Å². The maximum Gasteiger partial charge on any atom is 0.331 e. The van der Waals surface area contributed by atoms with Crippen LogP contribution < -0.4 is 0 Å². The SMILES string of the molecule is [C-]#[N+]c1c(C(=O)OC2C(C(C)(C)C)CC(C)CC2C(C)(C)C)c2nc(-c3ccc(C(C)C)cc3)[nH]n2c1C(C)=O. The Morgan fingerprint density at radius 1 is 1.05 bits per heavy atom. The van der Waals surface area contributed by atoms with Crippen LogP contribution in [0.4, 0.5) is 5.69 Å². The molecule has 1 N–H and O–H groups in total. The molecule has 1 aromatic carbocycles. The Balaban J connectivity index is 1.83. The number of esters is 1. The molecule has 2 unspecified atom stereocenters. The number of fused-ring (bicyclic) bond motifs is 1. The average Bonchev–Trinajstić information content (AvgIpc) is 3.39. The number of hydrogen-bond donors (Lipinski definition) is 1. The van der Waals surface area contributed by atoms with Crippen LogP contribution in [-0.4, -0.2) is 32.5 Å². The highest BCUT2D eigenvalue weighted by Crippen LogP contribution is 2.50. The van der Waals surface area contributed by atoms with Crippen LogP contribution in [0.3, 0.4) is 0 Å². The van der Waals surface area contributed by atoms with Gasteiger partial charge in [0.2, 0.25) is 5.69 Å². The van der Waals surface area contributed by atoms with E-state index in [1.807, 2.05) is 24.3 Å². The van der Waals surface area contributed by atoms with E-state index < -0.39 is 5.97 Å². The van der Waals surface area contributed by atoms with Crippen LogP contribution in [0.15, 0.2) is 24.3 Å². The Morgan fingerprint density at radius 2 is 1.60 bits per heavy atom. The van der Waals surface area contributed by atoms with Crippen LogP contribution in [0.25, 0.3) is 21.9 Å². The fourth-order valence-corrected chi connectivity index (χ4v) is 6.33. The van der Waals surface area contributed by atoms with Gasteiger partial charge in [-0.05, 0) is 48.0 Å². The molecule has 0 amide bonds. The van der Waals surface area contributed by atoms with Gasteiger partial charge in [-0.15, -0.1) is 0 Å². The Bertz CT molecular complexity index is 1430. The maximum absolute atomic E-state index is 14.1. The van der Waals surface area contributed by atoms with Gasteiger partial charge in [0, 0.05) is 17.4 Å². The molecule has 1 fully saturated rings. The number of carbonyl (C=O) groups is 2. The molecule has 214 valence electrons. The first-order valence-corrected chi connectivity index (χ1v) is 14.4. The number of benzene rings is 1. The van der Waals surface area contributed by atoms with E-state index in [0.717, 1.165) is 18.4 Å². The van der Waals surface area contributed by atoms with Gasteiger partial charge in [-0.3, -0.25) is 9.89 Å². The number of Topliss-reactive ketones (excluding diaryl/α,β-unsaturated/α-hetero) is 1. The molecular formula is C33H44N4O3. The first-order valence-electron chi connectivity index (χ1n) is 14.4. The summed E-state index contributed by atoms with van der Waals surface area (Å²) in [7, 11) is 0. The van der Waals surface area contributed by atoms with Gasteiger partial charge in [-0.25, -0.2) is 19.1 Å². The first kappa shape index (κ1) is 29.6. The number of carbonyl (C=O) groups excluding carboxylic acids is 2. The summed E-state index contributed by atoms with van der Waals surface area (Å²) < 4.78 is 7.92. The Labute approximate surface area is 238 Å². The molecule has 2 heterocycles. The van der Waals surface area contributed by atoms with Gasteiger partial charge < -0.3 is 4.74 Å². The molecule has 7 nitrogen and oxygen atoms in total. The summed E-state index contributed by atoms with van der Waals surface area (Å²) in [5.74, 6) is 0.823. The molecule has 0 aliphatic heterocycles. The third kappa shape index (κ3) is 5.46. The van der Waals surface area contributed by atoms with Crippen molar-refractivity contribution in [2.45, 2.75) is 94.1 Å². The van der Waals surface area contributed by atoms with Gasteiger partial charge >= 0.3 is 5.97 Å². The van der Waals surface area contributed by atoms with Gasteiger partial charge in [0.1, 0.15) is 17.4 Å². The largest absolute Gasteiger partial charge is 0.459 e. The van der Waals surface area contributed by atoms with Crippen molar-refractivity contribution in [1.82, 2.24) is 14.6 Å². The van der Waals surface area contributed by atoms with Gasteiger partial charge in [-0.1, -0.05) is 86.6 Å². The van der Waals surface area contributed by atoms with E-state index in [4.69, 9.17) is 16.3 Å². The summed E-state index contributed by atoms with van der Waals surface area (Å²) >= 11 is 0. The highest BCUT2D eigenvalue weighted by atomic mass is 16.5. The van der Waals surface area contributed by atoms with Crippen molar-refractivity contribution in [3.05, 3.63) is 52.5 Å². The lowest BCUT2D eigenvalue weighted by Gasteiger charge is -2.50. The van der Waals surface area contributed by atoms with Crippen molar-refractivity contribution in [3.8, 4) is 11.4 Å². The molecule has 2 atom stereocenters. The van der Waals surface area contributed by atoms with Crippen molar-refractivity contribution in [1.29, 1.82) is 0 Å². The topological polar surface area (TPSA) is 80.8 Å². The molecule has 1 saturated carbocycles. The van der Waals surface area contributed by atoms with Crippen molar-refractivity contribution in [3.63, 3.8) is 0 Å². The van der Waals surface area contributed by atoms with E-state index in [0.29, 0.717) is 17.7 Å². The summed E-state index contributed by atoms with van der Waals surface area (Å²) in [6.45, 7) is 29.1. The number of hydrogen-bond acceptors (Lipinski definition) is 4. The number of ketones is 1. The van der Waals surface area contributed by atoms with Gasteiger partial charge in [0.05, 0.1) is 6.57 Å². The molecule has 0 spiro atoms. The van der Waals surface area contributed by atoms with E-state index in [-0.39, 0.29) is 57.1 Å². The third-order valence-electron chi connectivity index (χ3n) is 8.63. The molecule has 1 aliphatic carbocycles. The van der Waals surface area contributed by atoms with Gasteiger partial charge in [-0.2, -0.15) is 0 Å². The van der Waals surface area contributed by atoms with E-state index in [1.165, 1.54) is 17.0 Å². The predicted molar refractivity (Wildman–Crippen MR) is 159 cm³/mol. The zero-order chi connectivity index (χ0) is 29.7. The molecule has 40 heavy (non-hydrogen) atoms. The van der Waals surface area contributed by atoms with Crippen molar-refractivity contribution >= 4 is 23.1 Å². The first-order chi connectivity index (χ1) is 18.5. The van der Waals surface area contributed by atoms with E-state index >= 15 is 0 Å². The number of nitrogens with one attached hydrogen (secondary N) is 1. The zero-order valence-corrected chi connectivity index (χ0v) is 25.7. The minimum absolute atomic E-state index is 0.0123. The minimum atomic E-state index is -0.591. The quantitative estimate of drug-likeness (QED) is 0.198. The summed E-state index contributed by atoms with van der Waals surface area (Å²) in [5.41, 5.74) is 2.28. The lowest BCUT2D eigenvalue weighted by Crippen LogP contribution is -2.49. The normalized spacial score (nSPS) is 21.9. The van der Waals surface area contributed by atoms with Crippen LogP contribution >= 0.6 is 0 Å². The maximum atomic E-state index is 14.1. The lowest BCUT2D eigenvalue weighted by molar-refractivity contribution is -0.0922. The summed E-state index contributed by atoms with van der Waals surface area (Å²) in [4.78, 5) is 35.2. The minimum Gasteiger partial charge on any atom is -0.459 e. The van der Waals surface area contributed by atoms with E-state index in [2.05, 4.69) is 72.3 Å². The Morgan fingerprint density at radius 3 is 2.05 bits per heavy atom. The van der Waals surface area contributed by atoms with Crippen LogP contribution in [0.1, 0.15) is 114 Å². The molecule has 7 heteroatoms. The summed E-state index contributed by atoms with van der Waals surface area (Å²) in [5, 5.41) is 3.17. The standard InChI is InChI=1S/C33H44N4O3/c1-18(2)21-12-14-22(15-13-21)29-35-30-25(26(34-11)27(20(4)38)37(30)36-29)31(39)40-28-23(32(5,6)7)16-19(3)17-24(28)33(8,9)10/h12-15,18-19,23-24,28H,16-17H2,1-10H3,(H,35,36). The Kier molecular flexibility index (Phi) is 7.79. The molecule has 0 bridgehead atoms. The van der Waals surface area contributed by atoms with Crippen molar-refractivity contribution in [2.75, 3.05) is 0 Å². The smallest absolute Gasteiger partial charge is 0.331 e. The summed E-state index contributed by atoms with van der Waals surface area (Å²) in [6.07, 6.45) is 1.61. The number of H-pyrrole nitrogens is 1. The monoisotopic (exact) mass is 544 g/mol.